The van der Waals surface area contributed by atoms with Crippen molar-refractivity contribution in [3.05, 3.63) is 63.9 Å². The SMILES string of the molecule is C[C@@H]1C(C(=O)NC2CCCCCC2)=NN(c2ccc(Cl)cc2Cl)[C@@H]1c1ccc(F)cc1. The van der Waals surface area contributed by atoms with Gasteiger partial charge in [0.25, 0.3) is 5.91 Å². The Morgan fingerprint density at radius 3 is 2.39 bits per heavy atom. The Labute approximate surface area is 192 Å². The second kappa shape index (κ2) is 9.58. The molecule has 2 aromatic rings. The summed E-state index contributed by atoms with van der Waals surface area (Å²) in [6, 6.07) is 11.4. The van der Waals surface area contributed by atoms with Crippen LogP contribution in [0.2, 0.25) is 10.0 Å². The highest BCUT2D eigenvalue weighted by Crippen LogP contribution is 2.42. The van der Waals surface area contributed by atoms with Crippen LogP contribution in [0.25, 0.3) is 0 Å². The molecule has 2 aromatic carbocycles. The lowest BCUT2D eigenvalue weighted by atomic mass is 9.90. The van der Waals surface area contributed by atoms with E-state index in [2.05, 4.69) is 5.32 Å². The van der Waals surface area contributed by atoms with Crippen LogP contribution in [0.3, 0.4) is 0 Å². The molecule has 4 rings (SSSR count). The summed E-state index contributed by atoms with van der Waals surface area (Å²) in [7, 11) is 0. The van der Waals surface area contributed by atoms with Gasteiger partial charge in [-0.25, -0.2) is 4.39 Å². The van der Waals surface area contributed by atoms with E-state index in [1.807, 2.05) is 6.92 Å². The van der Waals surface area contributed by atoms with Crippen LogP contribution >= 0.6 is 23.2 Å². The zero-order chi connectivity index (χ0) is 22.0. The van der Waals surface area contributed by atoms with Gasteiger partial charge in [0, 0.05) is 17.0 Å². The highest BCUT2D eigenvalue weighted by Gasteiger charge is 2.40. The number of hydrogen-bond donors (Lipinski definition) is 1. The van der Waals surface area contributed by atoms with Gasteiger partial charge in [-0.2, -0.15) is 5.10 Å². The third kappa shape index (κ3) is 4.88. The molecule has 0 aromatic heterocycles. The highest BCUT2D eigenvalue weighted by atomic mass is 35.5. The summed E-state index contributed by atoms with van der Waals surface area (Å²) in [6.07, 6.45) is 6.72. The number of benzene rings is 2. The summed E-state index contributed by atoms with van der Waals surface area (Å²) in [5.74, 6) is -0.653. The zero-order valence-electron chi connectivity index (χ0n) is 17.5. The minimum atomic E-state index is -0.308. The standard InChI is InChI=1S/C24H26Cl2FN3O/c1-15-22(24(31)28-19-6-4-2-3-5-7-19)29-30(21-13-10-17(25)14-20(21)26)23(15)16-8-11-18(27)12-9-16/h8-15,19,23H,2-7H2,1H3,(H,28,31)/t15-,23+/m1/s1. The molecule has 164 valence electrons. The maximum absolute atomic E-state index is 13.6. The van der Waals surface area contributed by atoms with Gasteiger partial charge < -0.3 is 5.32 Å². The minimum absolute atomic E-state index is 0.140. The molecule has 1 fully saturated rings. The lowest BCUT2D eigenvalue weighted by Gasteiger charge is -2.27. The lowest BCUT2D eigenvalue weighted by molar-refractivity contribution is -0.115. The van der Waals surface area contributed by atoms with Gasteiger partial charge in [0.2, 0.25) is 0 Å². The molecule has 1 aliphatic carbocycles. The van der Waals surface area contributed by atoms with E-state index in [-0.39, 0.29) is 29.7 Å². The molecule has 0 bridgehead atoms. The van der Waals surface area contributed by atoms with Crippen molar-refractivity contribution < 1.29 is 9.18 Å². The largest absolute Gasteiger partial charge is 0.348 e. The van der Waals surface area contributed by atoms with Crippen molar-refractivity contribution in [1.82, 2.24) is 5.32 Å². The van der Waals surface area contributed by atoms with E-state index in [9.17, 15) is 9.18 Å². The van der Waals surface area contributed by atoms with Gasteiger partial charge in [-0.05, 0) is 48.7 Å². The van der Waals surface area contributed by atoms with Gasteiger partial charge in [-0.3, -0.25) is 9.80 Å². The molecule has 0 spiro atoms. The Morgan fingerprint density at radius 2 is 1.74 bits per heavy atom. The van der Waals surface area contributed by atoms with Gasteiger partial charge >= 0.3 is 0 Å². The summed E-state index contributed by atoms with van der Waals surface area (Å²) >= 11 is 12.6. The first kappa shape index (κ1) is 22.1. The smallest absolute Gasteiger partial charge is 0.268 e. The number of carbonyl (C=O) groups excluding carboxylic acids is 1. The number of hydrogen-bond acceptors (Lipinski definition) is 3. The first-order valence-electron chi connectivity index (χ1n) is 10.8. The topological polar surface area (TPSA) is 44.7 Å². The second-order valence-electron chi connectivity index (χ2n) is 8.37. The molecule has 4 nitrogen and oxygen atoms in total. The van der Waals surface area contributed by atoms with E-state index >= 15 is 0 Å². The van der Waals surface area contributed by atoms with Crippen LogP contribution in [0, 0.1) is 11.7 Å². The molecule has 0 saturated heterocycles. The fourth-order valence-corrected chi connectivity index (χ4v) is 5.02. The van der Waals surface area contributed by atoms with Gasteiger partial charge in [0.1, 0.15) is 11.5 Å². The fourth-order valence-electron chi connectivity index (χ4n) is 4.53. The fraction of sp³-hybridized carbons (Fsp3) is 0.417. The van der Waals surface area contributed by atoms with Crippen molar-refractivity contribution in [2.24, 2.45) is 11.0 Å². The number of rotatable bonds is 4. The first-order valence-corrected chi connectivity index (χ1v) is 11.6. The van der Waals surface area contributed by atoms with E-state index in [1.165, 1.54) is 25.0 Å². The van der Waals surface area contributed by atoms with Crippen molar-refractivity contribution in [2.45, 2.75) is 57.5 Å². The summed E-state index contributed by atoms with van der Waals surface area (Å²) in [4.78, 5) is 13.2. The van der Waals surface area contributed by atoms with Crippen LogP contribution in [-0.4, -0.2) is 17.7 Å². The maximum atomic E-state index is 13.6. The van der Waals surface area contributed by atoms with Crippen molar-refractivity contribution >= 4 is 40.5 Å². The van der Waals surface area contributed by atoms with E-state index in [0.717, 1.165) is 31.2 Å². The highest BCUT2D eigenvalue weighted by molar-refractivity contribution is 6.41. The number of amides is 1. The van der Waals surface area contributed by atoms with Crippen LogP contribution in [0.15, 0.2) is 47.6 Å². The molecular weight excluding hydrogens is 436 g/mol. The van der Waals surface area contributed by atoms with E-state index in [4.69, 9.17) is 28.3 Å². The summed E-state index contributed by atoms with van der Waals surface area (Å²) in [5, 5.41) is 10.6. The molecule has 1 amide bonds. The molecule has 2 atom stereocenters. The number of halogens is 3. The monoisotopic (exact) mass is 461 g/mol. The first-order chi connectivity index (χ1) is 14.9. The lowest BCUT2D eigenvalue weighted by Crippen LogP contribution is -2.40. The van der Waals surface area contributed by atoms with Crippen molar-refractivity contribution in [3.8, 4) is 0 Å². The zero-order valence-corrected chi connectivity index (χ0v) is 19.0. The van der Waals surface area contributed by atoms with Crippen LogP contribution in [0.4, 0.5) is 10.1 Å². The maximum Gasteiger partial charge on any atom is 0.268 e. The molecule has 1 aliphatic heterocycles. The molecule has 0 radical (unpaired) electrons. The second-order valence-corrected chi connectivity index (χ2v) is 9.22. The summed E-state index contributed by atoms with van der Waals surface area (Å²) < 4.78 is 13.6. The Hall–Kier alpha value is -2.11. The van der Waals surface area contributed by atoms with Crippen molar-refractivity contribution in [1.29, 1.82) is 0 Å². The molecule has 7 heteroatoms. The quantitative estimate of drug-likeness (QED) is 0.526. The summed E-state index contributed by atoms with van der Waals surface area (Å²) in [5.41, 5.74) is 1.98. The van der Waals surface area contributed by atoms with Crippen molar-refractivity contribution in [2.75, 3.05) is 5.01 Å². The van der Waals surface area contributed by atoms with Crippen LogP contribution in [-0.2, 0) is 4.79 Å². The van der Waals surface area contributed by atoms with Crippen LogP contribution in [0.1, 0.15) is 57.1 Å². The number of nitrogens with one attached hydrogen (secondary N) is 1. The molecule has 31 heavy (non-hydrogen) atoms. The Bertz CT molecular complexity index is 971. The van der Waals surface area contributed by atoms with Gasteiger partial charge in [0.05, 0.1) is 16.8 Å². The van der Waals surface area contributed by atoms with Gasteiger partial charge in [-0.1, -0.05) is 67.9 Å². The number of nitrogens with zero attached hydrogens (tertiary/aromatic N) is 2. The molecule has 0 unspecified atom stereocenters. The third-order valence-corrected chi connectivity index (χ3v) is 6.71. The van der Waals surface area contributed by atoms with Gasteiger partial charge in [-0.15, -0.1) is 0 Å². The average molecular weight is 462 g/mol. The molecule has 1 heterocycles. The Balaban J connectivity index is 1.66. The summed E-state index contributed by atoms with van der Waals surface area (Å²) in [6.45, 7) is 1.98. The predicted octanol–water partition coefficient (Wildman–Crippen LogP) is 6.52. The molecule has 1 saturated carbocycles. The molecular formula is C24H26Cl2FN3O. The number of hydrazone groups is 1. The average Bonchev–Trinajstić information content (AvgIpc) is 2.89. The van der Waals surface area contributed by atoms with E-state index in [1.54, 1.807) is 35.3 Å². The van der Waals surface area contributed by atoms with Crippen LogP contribution in [0.5, 0.6) is 0 Å². The third-order valence-electron chi connectivity index (χ3n) is 6.17. The Morgan fingerprint density at radius 1 is 1.06 bits per heavy atom. The van der Waals surface area contributed by atoms with Gasteiger partial charge in [0.15, 0.2) is 0 Å². The van der Waals surface area contributed by atoms with Crippen LogP contribution < -0.4 is 10.3 Å². The van der Waals surface area contributed by atoms with E-state index in [0.29, 0.717) is 21.4 Å². The predicted molar refractivity (Wildman–Crippen MR) is 124 cm³/mol. The number of carbonyl (C=O) groups is 1. The van der Waals surface area contributed by atoms with Crippen molar-refractivity contribution in [3.63, 3.8) is 0 Å². The molecule has 1 N–H and O–H groups in total. The Kier molecular flexibility index (Phi) is 6.83. The number of anilines is 1. The normalized spacial score (nSPS) is 22.2. The minimum Gasteiger partial charge on any atom is -0.348 e. The molecule has 2 aliphatic rings. The van der Waals surface area contributed by atoms with E-state index < -0.39 is 0 Å².